The lowest BCUT2D eigenvalue weighted by molar-refractivity contribution is 0.0684. The Bertz CT molecular complexity index is 829. The number of piperidine rings is 1. The van der Waals surface area contributed by atoms with Gasteiger partial charge in [0, 0.05) is 37.0 Å². The molecule has 1 aromatic carbocycles. The van der Waals surface area contributed by atoms with Crippen LogP contribution in [0.15, 0.2) is 30.5 Å². The van der Waals surface area contributed by atoms with Gasteiger partial charge in [-0.15, -0.1) is 0 Å². The lowest BCUT2D eigenvalue weighted by Gasteiger charge is -2.40. The predicted octanol–water partition coefficient (Wildman–Crippen LogP) is 4.04. The van der Waals surface area contributed by atoms with E-state index in [1.165, 1.54) is 30.8 Å². The third-order valence-corrected chi connectivity index (χ3v) is 5.98. The molecule has 26 heavy (non-hydrogen) atoms. The van der Waals surface area contributed by atoms with Gasteiger partial charge in [0.25, 0.3) is 0 Å². The Morgan fingerprint density at radius 2 is 1.96 bits per heavy atom. The molecular formula is C20H23FN4O. The van der Waals surface area contributed by atoms with E-state index < -0.39 is 0 Å². The van der Waals surface area contributed by atoms with E-state index in [9.17, 15) is 4.39 Å². The molecule has 5 nitrogen and oxygen atoms in total. The molecule has 2 aromatic rings. The Morgan fingerprint density at radius 1 is 1.15 bits per heavy atom. The fourth-order valence-electron chi connectivity index (χ4n) is 4.74. The van der Waals surface area contributed by atoms with Crippen LogP contribution in [-0.2, 0) is 11.3 Å². The van der Waals surface area contributed by atoms with Crippen LogP contribution in [0.25, 0.3) is 0 Å². The van der Waals surface area contributed by atoms with Crippen LogP contribution in [0.5, 0.6) is 0 Å². The fraction of sp³-hybridized carbons (Fsp3) is 0.450. The van der Waals surface area contributed by atoms with Crippen molar-refractivity contribution in [1.82, 2.24) is 4.98 Å². The first-order chi connectivity index (χ1) is 12.7. The van der Waals surface area contributed by atoms with E-state index in [-0.39, 0.29) is 5.82 Å². The van der Waals surface area contributed by atoms with Crippen molar-refractivity contribution in [1.29, 1.82) is 0 Å². The van der Waals surface area contributed by atoms with Gasteiger partial charge in [-0.1, -0.05) is 0 Å². The number of pyridine rings is 1. The molecule has 0 unspecified atom stereocenters. The summed E-state index contributed by atoms with van der Waals surface area (Å²) in [6, 6.07) is 9.14. The zero-order chi connectivity index (χ0) is 17.7. The molecule has 2 fully saturated rings. The molecule has 3 aliphatic rings. The summed E-state index contributed by atoms with van der Waals surface area (Å²) >= 11 is 0. The second-order valence-electron chi connectivity index (χ2n) is 7.49. The van der Waals surface area contributed by atoms with Gasteiger partial charge in [-0.25, -0.2) is 9.37 Å². The topological polar surface area (TPSA) is 49.4 Å². The molecule has 0 radical (unpaired) electrons. The second-order valence-corrected chi connectivity index (χ2v) is 7.49. The summed E-state index contributed by atoms with van der Waals surface area (Å²) in [6.07, 6.45) is 6.32. The van der Waals surface area contributed by atoms with Crippen molar-refractivity contribution in [3.05, 3.63) is 41.8 Å². The maximum Gasteiger partial charge on any atom is 0.141 e. The van der Waals surface area contributed by atoms with E-state index >= 15 is 0 Å². The highest BCUT2D eigenvalue weighted by Gasteiger charge is 2.41. The van der Waals surface area contributed by atoms with Crippen molar-refractivity contribution in [2.24, 2.45) is 0 Å². The largest absolute Gasteiger partial charge is 0.381 e. The zero-order valence-corrected chi connectivity index (χ0v) is 14.8. The third kappa shape index (κ3) is 2.60. The van der Waals surface area contributed by atoms with Gasteiger partial charge in [-0.3, -0.25) is 0 Å². The highest BCUT2D eigenvalue weighted by atomic mass is 19.1. The van der Waals surface area contributed by atoms with Gasteiger partial charge in [-0.2, -0.15) is 0 Å². The number of nitrogens with one attached hydrogen (secondary N) is 2. The molecule has 3 aliphatic heterocycles. The van der Waals surface area contributed by atoms with Gasteiger partial charge in [0.05, 0.1) is 23.7 Å². The van der Waals surface area contributed by atoms with Crippen molar-refractivity contribution < 1.29 is 9.13 Å². The smallest absolute Gasteiger partial charge is 0.141 e. The first-order valence-corrected chi connectivity index (χ1v) is 9.32. The molecule has 3 atom stereocenters. The lowest BCUT2D eigenvalue weighted by atomic mass is 9.98. The molecular weight excluding hydrogens is 331 g/mol. The molecule has 136 valence electrons. The highest BCUT2D eigenvalue weighted by molar-refractivity contribution is 5.80. The van der Waals surface area contributed by atoms with E-state index in [1.807, 2.05) is 7.11 Å². The quantitative estimate of drug-likeness (QED) is 0.853. The average Bonchev–Trinajstić information content (AvgIpc) is 2.82. The first kappa shape index (κ1) is 15.9. The van der Waals surface area contributed by atoms with Crippen molar-refractivity contribution in [2.45, 2.75) is 50.4 Å². The fourth-order valence-corrected chi connectivity index (χ4v) is 4.74. The molecule has 6 heteroatoms. The average molecular weight is 354 g/mol. The summed E-state index contributed by atoms with van der Waals surface area (Å²) in [6.45, 7) is 0.558. The van der Waals surface area contributed by atoms with Crippen molar-refractivity contribution >= 4 is 22.9 Å². The number of anilines is 4. The minimum atomic E-state index is -0.309. The Morgan fingerprint density at radius 3 is 2.73 bits per heavy atom. The Balaban J connectivity index is 1.44. The van der Waals surface area contributed by atoms with Crippen molar-refractivity contribution in [3.8, 4) is 0 Å². The monoisotopic (exact) mass is 354 g/mol. The Hall–Kier alpha value is -2.34. The molecule has 5 rings (SSSR count). The zero-order valence-electron chi connectivity index (χ0n) is 14.8. The number of nitrogens with zero attached hydrogens (tertiary/aromatic N) is 2. The summed E-state index contributed by atoms with van der Waals surface area (Å²) in [5.41, 5.74) is 4.11. The van der Waals surface area contributed by atoms with E-state index in [1.54, 1.807) is 0 Å². The molecule has 0 amide bonds. The molecule has 4 heterocycles. The van der Waals surface area contributed by atoms with Crippen LogP contribution < -0.4 is 15.5 Å². The number of rotatable bonds is 2. The van der Waals surface area contributed by atoms with E-state index in [0.717, 1.165) is 29.8 Å². The van der Waals surface area contributed by atoms with E-state index in [2.05, 4.69) is 38.7 Å². The number of fused-ring (bicyclic) bond motifs is 4. The van der Waals surface area contributed by atoms with Gasteiger partial charge in [-0.05, 0) is 49.9 Å². The maximum absolute atomic E-state index is 13.5. The number of hydrogen-bond donors (Lipinski definition) is 2. The summed E-state index contributed by atoms with van der Waals surface area (Å²) in [5.74, 6) is 0.406. The molecule has 0 saturated carbocycles. The predicted molar refractivity (Wildman–Crippen MR) is 101 cm³/mol. The molecule has 2 bridgehead atoms. The minimum Gasteiger partial charge on any atom is -0.381 e. The van der Waals surface area contributed by atoms with Crippen molar-refractivity contribution in [2.75, 3.05) is 22.6 Å². The third-order valence-electron chi connectivity index (χ3n) is 5.98. The molecule has 0 aliphatic carbocycles. The maximum atomic E-state index is 13.5. The summed E-state index contributed by atoms with van der Waals surface area (Å²) < 4.78 is 19.1. The van der Waals surface area contributed by atoms with Crippen LogP contribution in [-0.4, -0.2) is 30.3 Å². The van der Waals surface area contributed by atoms with Gasteiger partial charge in [0.15, 0.2) is 0 Å². The van der Waals surface area contributed by atoms with Gasteiger partial charge in [0.1, 0.15) is 11.6 Å². The van der Waals surface area contributed by atoms with Crippen molar-refractivity contribution in [3.63, 3.8) is 0 Å². The second kappa shape index (κ2) is 6.13. The number of methoxy groups -OCH3 is 1. The number of hydrogen-bond acceptors (Lipinski definition) is 5. The van der Waals surface area contributed by atoms with Crippen LogP contribution >= 0.6 is 0 Å². The Kier molecular flexibility index (Phi) is 3.74. The SMILES string of the molecule is CO[C@H]1C[C@H]2CC[C@@H](C1)N2c1ccc2c(c1)NCc1cc(F)cnc1N2. The molecule has 1 aromatic heterocycles. The normalized spacial score (nSPS) is 26.4. The van der Waals surface area contributed by atoms with E-state index in [4.69, 9.17) is 4.74 Å². The van der Waals surface area contributed by atoms with Crippen LogP contribution in [0.4, 0.5) is 27.3 Å². The van der Waals surface area contributed by atoms with Gasteiger partial charge < -0.3 is 20.3 Å². The lowest BCUT2D eigenvalue weighted by Crippen LogP contribution is -2.45. The standard InChI is InChI=1S/C20H23FN4O/c1-26-17-7-14-2-3-15(8-17)25(14)16-4-5-18-19(9-16)22-10-12-6-13(21)11-23-20(12)24-18/h4-6,9,11,14-15,17,22H,2-3,7-8,10H2,1H3,(H,23,24)/t14-,15+,17+. The summed E-state index contributed by atoms with van der Waals surface area (Å²) in [7, 11) is 1.83. The minimum absolute atomic E-state index is 0.309. The summed E-state index contributed by atoms with van der Waals surface area (Å²) in [4.78, 5) is 6.77. The number of benzene rings is 1. The number of halogens is 1. The molecule has 2 saturated heterocycles. The van der Waals surface area contributed by atoms with Gasteiger partial charge >= 0.3 is 0 Å². The Labute approximate surface area is 152 Å². The molecule has 0 spiro atoms. The highest BCUT2D eigenvalue weighted by Crippen LogP contribution is 2.42. The molecule has 2 N–H and O–H groups in total. The van der Waals surface area contributed by atoms with Crippen LogP contribution in [0, 0.1) is 5.82 Å². The number of ether oxygens (including phenoxy) is 1. The summed E-state index contributed by atoms with van der Waals surface area (Å²) in [5, 5.41) is 6.77. The van der Waals surface area contributed by atoms with Gasteiger partial charge in [0.2, 0.25) is 0 Å². The van der Waals surface area contributed by atoms with Crippen LogP contribution in [0.2, 0.25) is 0 Å². The van der Waals surface area contributed by atoms with E-state index in [0.29, 0.717) is 30.6 Å². The van der Waals surface area contributed by atoms with Crippen LogP contribution in [0.3, 0.4) is 0 Å². The first-order valence-electron chi connectivity index (χ1n) is 9.32. The van der Waals surface area contributed by atoms with Crippen LogP contribution in [0.1, 0.15) is 31.2 Å². The number of aromatic nitrogens is 1.